The van der Waals surface area contributed by atoms with Crippen molar-refractivity contribution in [2.45, 2.75) is 25.8 Å². The summed E-state index contributed by atoms with van der Waals surface area (Å²) in [4.78, 5) is 19.8. The Kier molecular flexibility index (Phi) is 3.97. The largest absolute Gasteiger partial charge is 0.352 e. The number of nitrogens with zero attached hydrogens (tertiary/aromatic N) is 3. The first kappa shape index (κ1) is 13.0. The van der Waals surface area contributed by atoms with Gasteiger partial charge in [0.2, 0.25) is 0 Å². The van der Waals surface area contributed by atoms with Crippen molar-refractivity contribution < 1.29 is 4.79 Å². The lowest BCUT2D eigenvalue weighted by Gasteiger charge is -2.29. The number of hydrogen-bond donors (Lipinski definition) is 0. The van der Waals surface area contributed by atoms with Gasteiger partial charge in [0.1, 0.15) is 5.82 Å². The molecule has 1 aromatic heterocycles. The normalized spacial score (nSPS) is 19.6. The highest BCUT2D eigenvalue weighted by atomic mass is 16.1. The molecule has 0 aliphatic carbocycles. The standard InChI is InChI=1S/C14H21N3O/c1-11-7-12(10-18)8-15-14(11)17-6-4-5-13(17)9-16(2)3/h7-8,10,13H,4-6,9H2,1-3H3. The van der Waals surface area contributed by atoms with E-state index in [1.54, 1.807) is 6.20 Å². The van der Waals surface area contributed by atoms with Gasteiger partial charge in [-0.25, -0.2) is 4.98 Å². The molecule has 1 atom stereocenters. The van der Waals surface area contributed by atoms with E-state index in [9.17, 15) is 4.79 Å². The second-order valence-electron chi connectivity index (χ2n) is 5.28. The Morgan fingerprint density at radius 1 is 1.56 bits per heavy atom. The van der Waals surface area contributed by atoms with Gasteiger partial charge in [-0.15, -0.1) is 0 Å². The van der Waals surface area contributed by atoms with E-state index in [1.165, 1.54) is 12.8 Å². The van der Waals surface area contributed by atoms with E-state index in [0.717, 1.165) is 30.8 Å². The van der Waals surface area contributed by atoms with Gasteiger partial charge >= 0.3 is 0 Å². The highest BCUT2D eigenvalue weighted by molar-refractivity contribution is 5.75. The van der Waals surface area contributed by atoms with Crippen LogP contribution in [0.3, 0.4) is 0 Å². The molecule has 1 unspecified atom stereocenters. The molecule has 1 aliphatic rings. The Bertz CT molecular complexity index is 431. The number of carbonyl (C=O) groups excluding carboxylic acids is 1. The van der Waals surface area contributed by atoms with E-state index < -0.39 is 0 Å². The maximum absolute atomic E-state index is 10.7. The van der Waals surface area contributed by atoms with Crippen molar-refractivity contribution in [1.29, 1.82) is 0 Å². The van der Waals surface area contributed by atoms with E-state index in [-0.39, 0.29) is 0 Å². The van der Waals surface area contributed by atoms with Crippen LogP contribution in [0.5, 0.6) is 0 Å². The fourth-order valence-corrected chi connectivity index (χ4v) is 2.68. The minimum absolute atomic E-state index is 0.535. The second kappa shape index (κ2) is 5.48. The first-order valence-corrected chi connectivity index (χ1v) is 6.45. The van der Waals surface area contributed by atoms with Crippen molar-refractivity contribution >= 4 is 12.1 Å². The Balaban J connectivity index is 2.22. The molecule has 0 N–H and O–H groups in total. The Morgan fingerprint density at radius 2 is 2.33 bits per heavy atom. The number of hydrogen-bond acceptors (Lipinski definition) is 4. The van der Waals surface area contributed by atoms with Crippen LogP contribution in [0.2, 0.25) is 0 Å². The maximum Gasteiger partial charge on any atom is 0.151 e. The van der Waals surface area contributed by atoms with E-state index in [1.807, 2.05) is 13.0 Å². The Morgan fingerprint density at radius 3 is 2.94 bits per heavy atom. The lowest BCUT2D eigenvalue weighted by Crippen LogP contribution is -2.38. The van der Waals surface area contributed by atoms with Crippen molar-refractivity contribution in [3.8, 4) is 0 Å². The summed E-state index contributed by atoms with van der Waals surface area (Å²) < 4.78 is 0. The van der Waals surface area contributed by atoms with Gasteiger partial charge in [0, 0.05) is 30.9 Å². The number of aromatic nitrogens is 1. The number of pyridine rings is 1. The molecule has 4 nitrogen and oxygen atoms in total. The van der Waals surface area contributed by atoms with Crippen LogP contribution in [0.1, 0.15) is 28.8 Å². The van der Waals surface area contributed by atoms with E-state index in [4.69, 9.17) is 0 Å². The van der Waals surface area contributed by atoms with Gasteiger partial charge in [-0.2, -0.15) is 0 Å². The highest BCUT2D eigenvalue weighted by Crippen LogP contribution is 2.27. The zero-order valence-corrected chi connectivity index (χ0v) is 11.4. The topological polar surface area (TPSA) is 36.4 Å². The van der Waals surface area contributed by atoms with Crippen LogP contribution in [0.4, 0.5) is 5.82 Å². The predicted molar refractivity (Wildman–Crippen MR) is 73.3 cm³/mol. The van der Waals surface area contributed by atoms with Gasteiger partial charge in [-0.05, 0) is 45.5 Å². The van der Waals surface area contributed by atoms with Gasteiger partial charge in [0.25, 0.3) is 0 Å². The van der Waals surface area contributed by atoms with E-state index in [0.29, 0.717) is 11.6 Å². The molecule has 2 heterocycles. The molecule has 0 saturated carbocycles. The molecule has 0 radical (unpaired) electrons. The van der Waals surface area contributed by atoms with E-state index >= 15 is 0 Å². The third-order valence-corrected chi connectivity index (χ3v) is 3.43. The molecule has 4 heteroatoms. The van der Waals surface area contributed by atoms with Crippen molar-refractivity contribution in [3.05, 3.63) is 23.4 Å². The van der Waals surface area contributed by atoms with Crippen LogP contribution in [0.15, 0.2) is 12.3 Å². The molecular formula is C14H21N3O. The Labute approximate surface area is 109 Å². The first-order chi connectivity index (χ1) is 8.61. The predicted octanol–water partition coefficient (Wildman–Crippen LogP) is 1.73. The van der Waals surface area contributed by atoms with Gasteiger partial charge in [-0.3, -0.25) is 4.79 Å². The third-order valence-electron chi connectivity index (χ3n) is 3.43. The number of carbonyl (C=O) groups is 1. The summed E-state index contributed by atoms with van der Waals surface area (Å²) in [6.45, 7) is 4.14. The summed E-state index contributed by atoms with van der Waals surface area (Å²) in [6, 6.07) is 2.45. The zero-order chi connectivity index (χ0) is 13.1. The minimum atomic E-state index is 0.535. The summed E-state index contributed by atoms with van der Waals surface area (Å²) in [5.74, 6) is 1.03. The summed E-state index contributed by atoms with van der Waals surface area (Å²) >= 11 is 0. The van der Waals surface area contributed by atoms with Crippen LogP contribution in [-0.4, -0.2) is 49.4 Å². The lowest BCUT2D eigenvalue weighted by molar-refractivity contribution is 0.112. The molecule has 98 valence electrons. The molecule has 2 rings (SSSR count). The van der Waals surface area contributed by atoms with Crippen LogP contribution < -0.4 is 4.90 Å². The smallest absolute Gasteiger partial charge is 0.151 e. The first-order valence-electron chi connectivity index (χ1n) is 6.45. The van der Waals surface area contributed by atoms with Gasteiger partial charge < -0.3 is 9.80 Å². The molecule has 1 saturated heterocycles. The SMILES string of the molecule is Cc1cc(C=O)cnc1N1CCCC1CN(C)C. The van der Waals surface area contributed by atoms with Crippen LogP contribution >= 0.6 is 0 Å². The van der Waals surface area contributed by atoms with Crippen LogP contribution in [0, 0.1) is 6.92 Å². The molecule has 1 aromatic rings. The van der Waals surface area contributed by atoms with Gasteiger partial charge in [0.05, 0.1) is 0 Å². The van der Waals surface area contributed by atoms with Crippen molar-refractivity contribution in [1.82, 2.24) is 9.88 Å². The lowest BCUT2D eigenvalue weighted by atomic mass is 10.1. The number of rotatable bonds is 4. The van der Waals surface area contributed by atoms with Crippen molar-refractivity contribution in [3.63, 3.8) is 0 Å². The molecule has 0 aromatic carbocycles. The summed E-state index contributed by atoms with van der Waals surface area (Å²) in [5.41, 5.74) is 1.74. The minimum Gasteiger partial charge on any atom is -0.352 e. The maximum atomic E-state index is 10.7. The fraction of sp³-hybridized carbons (Fsp3) is 0.571. The molecule has 1 aliphatic heterocycles. The Hall–Kier alpha value is -1.42. The van der Waals surface area contributed by atoms with Crippen molar-refractivity contribution in [2.75, 3.05) is 32.1 Å². The molecule has 0 spiro atoms. The van der Waals surface area contributed by atoms with Gasteiger partial charge in [-0.1, -0.05) is 0 Å². The second-order valence-corrected chi connectivity index (χ2v) is 5.28. The summed E-state index contributed by atoms with van der Waals surface area (Å²) in [6.07, 6.45) is 4.95. The summed E-state index contributed by atoms with van der Waals surface area (Å²) in [5, 5.41) is 0. The monoisotopic (exact) mass is 247 g/mol. The molecule has 0 bridgehead atoms. The fourth-order valence-electron chi connectivity index (χ4n) is 2.68. The number of anilines is 1. The molecule has 18 heavy (non-hydrogen) atoms. The average Bonchev–Trinajstić information content (AvgIpc) is 2.76. The van der Waals surface area contributed by atoms with Crippen molar-refractivity contribution in [2.24, 2.45) is 0 Å². The molecule has 0 amide bonds. The summed E-state index contributed by atoms with van der Waals surface area (Å²) in [7, 11) is 4.21. The van der Waals surface area contributed by atoms with Crippen LogP contribution in [-0.2, 0) is 0 Å². The van der Waals surface area contributed by atoms with Gasteiger partial charge in [0.15, 0.2) is 6.29 Å². The molecular weight excluding hydrogens is 226 g/mol. The number of likely N-dealkylation sites (N-methyl/N-ethyl adjacent to an activating group) is 1. The highest BCUT2D eigenvalue weighted by Gasteiger charge is 2.26. The molecule has 1 fully saturated rings. The quantitative estimate of drug-likeness (QED) is 0.759. The zero-order valence-electron chi connectivity index (χ0n) is 11.4. The number of aldehydes is 1. The van der Waals surface area contributed by atoms with Crippen LogP contribution in [0.25, 0.3) is 0 Å². The average molecular weight is 247 g/mol. The third kappa shape index (κ3) is 2.70. The van der Waals surface area contributed by atoms with E-state index in [2.05, 4.69) is 28.9 Å². The number of aryl methyl sites for hydroxylation is 1.